The Labute approximate surface area is 144 Å². The van der Waals surface area contributed by atoms with Gasteiger partial charge in [-0.2, -0.15) is 0 Å². The Balaban J connectivity index is 1.50. The molecule has 0 unspecified atom stereocenters. The molecular weight excluding hydrogens is 324 g/mol. The summed E-state index contributed by atoms with van der Waals surface area (Å²) in [5.41, 5.74) is 0.264. The van der Waals surface area contributed by atoms with E-state index in [1.54, 1.807) is 11.3 Å². The molecule has 2 aromatic rings. The number of para-hydroxylation sites is 1. The highest BCUT2D eigenvalue weighted by molar-refractivity contribution is 7.18. The van der Waals surface area contributed by atoms with Crippen LogP contribution in [-0.4, -0.2) is 51.4 Å². The molecule has 7 heteroatoms. The average molecular weight is 344 g/mol. The number of imide groups is 1. The highest BCUT2D eigenvalue weighted by atomic mass is 32.1. The van der Waals surface area contributed by atoms with Gasteiger partial charge in [0.2, 0.25) is 0 Å². The molecule has 0 radical (unpaired) electrons. The Hall–Kier alpha value is -1.99. The molecule has 3 heterocycles. The van der Waals surface area contributed by atoms with Gasteiger partial charge in [0.25, 0.3) is 5.91 Å². The molecule has 1 aromatic heterocycles. The lowest BCUT2D eigenvalue weighted by Crippen LogP contribution is -2.49. The van der Waals surface area contributed by atoms with Crippen LogP contribution in [0.15, 0.2) is 24.3 Å². The third kappa shape index (κ3) is 2.39. The molecule has 2 aliphatic rings. The molecule has 1 spiro atoms. The Morgan fingerprint density at radius 3 is 2.83 bits per heavy atom. The maximum Gasteiger partial charge on any atom is 0.325 e. The number of thiazole rings is 1. The lowest BCUT2D eigenvalue weighted by atomic mass is 9.99. The van der Waals surface area contributed by atoms with Crippen LogP contribution < -0.4 is 5.32 Å². The van der Waals surface area contributed by atoms with Crippen LogP contribution in [0.4, 0.5) is 4.79 Å². The molecule has 6 nitrogen and oxygen atoms in total. The molecule has 4 rings (SSSR count). The largest absolute Gasteiger partial charge is 0.325 e. The lowest BCUT2D eigenvalue weighted by molar-refractivity contribution is -0.132. The Bertz CT molecular complexity index is 785. The van der Waals surface area contributed by atoms with Gasteiger partial charge in [0.1, 0.15) is 10.5 Å². The Morgan fingerprint density at radius 1 is 1.33 bits per heavy atom. The molecule has 0 bridgehead atoms. The predicted molar refractivity (Wildman–Crippen MR) is 92.8 cm³/mol. The Morgan fingerprint density at radius 2 is 2.12 bits per heavy atom. The zero-order valence-electron chi connectivity index (χ0n) is 13.8. The van der Waals surface area contributed by atoms with E-state index in [0.717, 1.165) is 17.1 Å². The number of carbonyl (C=O) groups is 2. The summed E-state index contributed by atoms with van der Waals surface area (Å²) in [5, 5.41) is 3.98. The summed E-state index contributed by atoms with van der Waals surface area (Å²) in [6, 6.07) is 7.71. The highest BCUT2D eigenvalue weighted by Crippen LogP contribution is 2.31. The van der Waals surface area contributed by atoms with Gasteiger partial charge in [-0.1, -0.05) is 12.1 Å². The average Bonchev–Trinajstić information content (AvgIpc) is 3.17. The highest BCUT2D eigenvalue weighted by Gasteiger charge is 2.55. The van der Waals surface area contributed by atoms with Crippen molar-refractivity contribution < 1.29 is 9.59 Å². The number of amides is 3. The van der Waals surface area contributed by atoms with Crippen molar-refractivity contribution in [3.05, 3.63) is 29.3 Å². The van der Waals surface area contributed by atoms with Crippen molar-refractivity contribution in [1.29, 1.82) is 0 Å². The first-order valence-corrected chi connectivity index (χ1v) is 9.03. The van der Waals surface area contributed by atoms with E-state index in [1.807, 2.05) is 32.0 Å². The van der Waals surface area contributed by atoms with Crippen molar-refractivity contribution in [2.75, 3.05) is 13.1 Å². The molecule has 0 aliphatic carbocycles. The van der Waals surface area contributed by atoms with Crippen molar-refractivity contribution in [2.45, 2.75) is 38.4 Å². The number of urea groups is 1. The molecule has 1 atom stereocenters. The number of fused-ring (bicyclic) bond motifs is 1. The fourth-order valence-corrected chi connectivity index (χ4v) is 4.60. The molecule has 24 heavy (non-hydrogen) atoms. The summed E-state index contributed by atoms with van der Waals surface area (Å²) >= 11 is 1.69. The van der Waals surface area contributed by atoms with Gasteiger partial charge in [0.05, 0.1) is 16.8 Å². The zero-order valence-corrected chi connectivity index (χ0v) is 14.6. The van der Waals surface area contributed by atoms with Gasteiger partial charge in [-0.05, 0) is 32.4 Å². The van der Waals surface area contributed by atoms with Gasteiger partial charge in [0.15, 0.2) is 0 Å². The number of benzene rings is 1. The lowest BCUT2D eigenvalue weighted by Gasteiger charge is -2.22. The zero-order chi connectivity index (χ0) is 16.9. The fraction of sp³-hybridized carbons (Fsp3) is 0.471. The van der Waals surface area contributed by atoms with Crippen molar-refractivity contribution in [2.24, 2.45) is 0 Å². The van der Waals surface area contributed by atoms with Gasteiger partial charge in [-0.15, -0.1) is 11.3 Å². The number of rotatable bonds is 3. The SMILES string of the molecule is CC(C)N1C(=O)N[C@@]2(CCN(Cc3nc4ccccc4s3)C2)C1=O. The van der Waals surface area contributed by atoms with Crippen molar-refractivity contribution in [1.82, 2.24) is 20.1 Å². The van der Waals surface area contributed by atoms with Crippen LogP contribution in [0.3, 0.4) is 0 Å². The van der Waals surface area contributed by atoms with Crippen LogP contribution in [0.1, 0.15) is 25.3 Å². The van der Waals surface area contributed by atoms with Crippen LogP contribution in [0.5, 0.6) is 0 Å². The number of hydrogen-bond acceptors (Lipinski definition) is 5. The number of aromatic nitrogens is 1. The van der Waals surface area contributed by atoms with Crippen LogP contribution in [-0.2, 0) is 11.3 Å². The second-order valence-electron chi connectivity index (χ2n) is 6.82. The van der Waals surface area contributed by atoms with Crippen LogP contribution >= 0.6 is 11.3 Å². The van der Waals surface area contributed by atoms with Crippen LogP contribution in [0, 0.1) is 0 Å². The molecular formula is C17H20N4O2S. The van der Waals surface area contributed by atoms with Crippen LogP contribution in [0.2, 0.25) is 0 Å². The van der Waals surface area contributed by atoms with E-state index >= 15 is 0 Å². The molecule has 2 saturated heterocycles. The molecule has 1 aromatic carbocycles. The van der Waals surface area contributed by atoms with E-state index < -0.39 is 5.54 Å². The first-order valence-electron chi connectivity index (χ1n) is 8.21. The van der Waals surface area contributed by atoms with E-state index in [1.165, 1.54) is 9.60 Å². The minimum atomic E-state index is -0.752. The first kappa shape index (κ1) is 15.5. The molecule has 0 saturated carbocycles. The second-order valence-corrected chi connectivity index (χ2v) is 7.93. The first-order chi connectivity index (χ1) is 11.5. The number of likely N-dealkylation sites (tertiary alicyclic amines) is 1. The summed E-state index contributed by atoms with van der Waals surface area (Å²) in [4.78, 5) is 33.1. The summed E-state index contributed by atoms with van der Waals surface area (Å²) in [5.74, 6) is -0.0886. The minimum Gasteiger partial charge on any atom is -0.322 e. The van der Waals surface area contributed by atoms with Gasteiger partial charge in [0, 0.05) is 19.1 Å². The minimum absolute atomic E-state index is 0.0886. The summed E-state index contributed by atoms with van der Waals surface area (Å²) in [6.45, 7) is 5.78. The summed E-state index contributed by atoms with van der Waals surface area (Å²) in [7, 11) is 0. The third-order valence-corrected chi connectivity index (χ3v) is 5.78. The molecule has 2 fully saturated rings. The van der Waals surface area contributed by atoms with Crippen molar-refractivity contribution in [3.63, 3.8) is 0 Å². The quantitative estimate of drug-likeness (QED) is 0.867. The van der Waals surface area contributed by atoms with Gasteiger partial charge >= 0.3 is 6.03 Å². The predicted octanol–water partition coefficient (Wildman–Crippen LogP) is 2.20. The number of nitrogens with one attached hydrogen (secondary N) is 1. The topological polar surface area (TPSA) is 65.5 Å². The van der Waals surface area contributed by atoms with E-state index in [0.29, 0.717) is 19.5 Å². The van der Waals surface area contributed by atoms with Crippen LogP contribution in [0.25, 0.3) is 10.2 Å². The maximum atomic E-state index is 12.7. The smallest absolute Gasteiger partial charge is 0.322 e. The summed E-state index contributed by atoms with van der Waals surface area (Å²) in [6.07, 6.45) is 0.658. The Kier molecular flexibility index (Phi) is 3.58. The molecule has 3 amide bonds. The number of carbonyl (C=O) groups excluding carboxylic acids is 2. The number of nitrogens with zero attached hydrogens (tertiary/aromatic N) is 3. The maximum absolute atomic E-state index is 12.7. The number of hydrogen-bond donors (Lipinski definition) is 1. The van der Waals surface area contributed by atoms with Crippen molar-refractivity contribution >= 4 is 33.5 Å². The van der Waals surface area contributed by atoms with E-state index in [2.05, 4.69) is 21.3 Å². The van der Waals surface area contributed by atoms with Crippen molar-refractivity contribution in [3.8, 4) is 0 Å². The van der Waals surface area contributed by atoms with E-state index in [-0.39, 0.29) is 18.0 Å². The molecule has 126 valence electrons. The van der Waals surface area contributed by atoms with E-state index in [9.17, 15) is 9.59 Å². The van der Waals surface area contributed by atoms with Gasteiger partial charge in [-0.3, -0.25) is 14.6 Å². The third-order valence-electron chi connectivity index (χ3n) is 4.75. The van der Waals surface area contributed by atoms with Gasteiger partial charge < -0.3 is 5.32 Å². The summed E-state index contributed by atoms with van der Waals surface area (Å²) < 4.78 is 1.18. The molecule has 1 N–H and O–H groups in total. The standard InChI is InChI=1S/C17H20N4O2S/c1-11(2)21-15(22)17(19-16(21)23)7-8-20(10-17)9-14-18-12-5-3-4-6-13(12)24-14/h3-6,11H,7-10H2,1-2H3,(H,19,23)/t17-/m1/s1. The van der Waals surface area contributed by atoms with E-state index in [4.69, 9.17) is 0 Å². The fourth-order valence-electron chi connectivity index (χ4n) is 3.59. The molecule has 2 aliphatic heterocycles. The second kappa shape index (κ2) is 5.53. The normalized spacial score (nSPS) is 24.7. The monoisotopic (exact) mass is 344 g/mol. The van der Waals surface area contributed by atoms with Gasteiger partial charge in [-0.25, -0.2) is 9.78 Å².